The van der Waals surface area contributed by atoms with Crippen molar-refractivity contribution in [1.29, 1.82) is 0 Å². The van der Waals surface area contributed by atoms with E-state index in [1.165, 1.54) is 25.3 Å². The zero-order chi connectivity index (χ0) is 22.4. The largest absolute Gasteiger partial charge is 0.504 e. The number of methoxy groups -OCH3 is 2. The Morgan fingerprint density at radius 2 is 1.76 bits per heavy atom. The highest BCUT2D eigenvalue weighted by Gasteiger charge is 2.54. The Bertz CT molecular complexity index is 747. The van der Waals surface area contributed by atoms with Gasteiger partial charge in [0, 0.05) is 0 Å². The average molecular weight is 416 g/mol. The molecule has 0 spiro atoms. The van der Waals surface area contributed by atoms with Crippen LogP contribution in [0.3, 0.4) is 0 Å². The highest BCUT2D eigenvalue weighted by Crippen LogP contribution is 2.27. The molecule has 0 heterocycles. The lowest BCUT2D eigenvalue weighted by Gasteiger charge is -2.33. The molecule has 1 unspecified atom stereocenters. The van der Waals surface area contributed by atoms with E-state index < -0.39 is 48.4 Å². The van der Waals surface area contributed by atoms with Crippen molar-refractivity contribution >= 4 is 17.8 Å². The summed E-state index contributed by atoms with van der Waals surface area (Å²) in [6, 6.07) is 3.98. The maximum Gasteiger partial charge on any atom is 0.349 e. The molecule has 0 radical (unpaired) electrons. The Hall–Kier alpha value is -2.54. The van der Waals surface area contributed by atoms with Crippen molar-refractivity contribution in [3.8, 4) is 11.5 Å². The van der Waals surface area contributed by atoms with Crippen LogP contribution < -0.4 is 4.74 Å². The molecule has 1 aromatic rings. The normalized spacial score (nSPS) is 17.8. The van der Waals surface area contributed by atoms with Gasteiger partial charge in [-0.25, -0.2) is 4.79 Å². The van der Waals surface area contributed by atoms with Crippen LogP contribution in [0.2, 0.25) is 0 Å². The highest BCUT2D eigenvalue weighted by molar-refractivity contribution is 6.14. The first-order chi connectivity index (χ1) is 13.5. The SMILES string of the molecule is COC(=O)C(O)(C(=O)/C=C/c1ccc(O)c(OC)c1)[C@H](O)[C@@H](O)[C@H](O)[C@H](O)CO. The van der Waals surface area contributed by atoms with E-state index in [4.69, 9.17) is 9.84 Å². The smallest absolute Gasteiger partial charge is 0.349 e. The van der Waals surface area contributed by atoms with Crippen LogP contribution in [0.15, 0.2) is 24.3 Å². The molecular weight excluding hydrogens is 392 g/mol. The van der Waals surface area contributed by atoms with Gasteiger partial charge in [0.1, 0.15) is 24.4 Å². The second kappa shape index (κ2) is 10.3. The van der Waals surface area contributed by atoms with Crippen LogP contribution in [-0.4, -0.2) is 98.3 Å². The number of hydrogen-bond donors (Lipinski definition) is 7. The number of rotatable bonds is 10. The lowest BCUT2D eigenvalue weighted by molar-refractivity contribution is -0.197. The minimum absolute atomic E-state index is 0.0828. The first-order valence-corrected chi connectivity index (χ1v) is 8.27. The number of aliphatic hydroxyl groups excluding tert-OH is 5. The fourth-order valence-electron chi connectivity index (χ4n) is 2.39. The molecule has 0 aliphatic carbocycles. The van der Waals surface area contributed by atoms with Crippen LogP contribution in [0.5, 0.6) is 11.5 Å². The molecule has 0 bridgehead atoms. The quantitative estimate of drug-likeness (QED) is 0.119. The fourth-order valence-corrected chi connectivity index (χ4v) is 2.39. The third-order valence-electron chi connectivity index (χ3n) is 4.19. The van der Waals surface area contributed by atoms with Crippen LogP contribution in [0.25, 0.3) is 6.08 Å². The molecule has 1 rings (SSSR count). The summed E-state index contributed by atoms with van der Waals surface area (Å²) < 4.78 is 9.22. The van der Waals surface area contributed by atoms with Crippen molar-refractivity contribution < 1.29 is 54.8 Å². The number of phenols is 1. The molecule has 0 fully saturated rings. The number of phenolic OH excluding ortho intramolecular Hbond substituents is 1. The number of hydrogen-bond acceptors (Lipinski definition) is 11. The summed E-state index contributed by atoms with van der Waals surface area (Å²) in [4.78, 5) is 24.5. The zero-order valence-corrected chi connectivity index (χ0v) is 15.7. The van der Waals surface area contributed by atoms with E-state index in [0.29, 0.717) is 11.6 Å². The molecule has 1 aromatic carbocycles. The maximum atomic E-state index is 12.5. The van der Waals surface area contributed by atoms with Crippen LogP contribution >= 0.6 is 0 Å². The molecule has 5 atom stereocenters. The van der Waals surface area contributed by atoms with Gasteiger partial charge in [0.15, 0.2) is 11.5 Å². The Balaban J connectivity index is 3.21. The Kier molecular flexibility index (Phi) is 8.70. The first kappa shape index (κ1) is 24.5. The highest BCUT2D eigenvalue weighted by atomic mass is 16.5. The van der Waals surface area contributed by atoms with Crippen molar-refractivity contribution in [3.63, 3.8) is 0 Å². The van der Waals surface area contributed by atoms with Gasteiger partial charge in [-0.05, 0) is 23.8 Å². The lowest BCUT2D eigenvalue weighted by atomic mass is 9.85. The van der Waals surface area contributed by atoms with Crippen molar-refractivity contribution in [2.24, 2.45) is 0 Å². The van der Waals surface area contributed by atoms with Crippen LogP contribution in [0.4, 0.5) is 0 Å². The maximum absolute atomic E-state index is 12.5. The van der Waals surface area contributed by atoms with Gasteiger partial charge >= 0.3 is 5.97 Å². The molecule has 0 aliphatic heterocycles. The fraction of sp³-hybridized carbons (Fsp3) is 0.444. The van der Waals surface area contributed by atoms with Gasteiger partial charge in [-0.15, -0.1) is 0 Å². The molecule has 162 valence electrons. The summed E-state index contributed by atoms with van der Waals surface area (Å²) in [6.45, 7) is -1.00. The molecule has 29 heavy (non-hydrogen) atoms. The Morgan fingerprint density at radius 3 is 2.28 bits per heavy atom. The molecule has 0 amide bonds. The summed E-state index contributed by atoms with van der Waals surface area (Å²) >= 11 is 0. The summed E-state index contributed by atoms with van der Waals surface area (Å²) in [7, 11) is 2.11. The Labute approximate surface area is 165 Å². The topological polar surface area (TPSA) is 194 Å². The van der Waals surface area contributed by atoms with E-state index in [1.807, 2.05) is 0 Å². The molecule has 0 saturated carbocycles. The van der Waals surface area contributed by atoms with Gasteiger partial charge in [0.05, 0.1) is 20.8 Å². The van der Waals surface area contributed by atoms with Crippen molar-refractivity contribution in [2.45, 2.75) is 30.0 Å². The zero-order valence-electron chi connectivity index (χ0n) is 15.7. The van der Waals surface area contributed by atoms with E-state index in [2.05, 4.69) is 4.74 Å². The minimum atomic E-state index is -3.33. The van der Waals surface area contributed by atoms with Gasteiger partial charge in [0.25, 0.3) is 5.60 Å². The molecule has 11 heteroatoms. The third-order valence-corrected chi connectivity index (χ3v) is 4.19. The Morgan fingerprint density at radius 1 is 1.14 bits per heavy atom. The number of carbonyl (C=O) groups is 2. The molecule has 0 aliphatic rings. The minimum Gasteiger partial charge on any atom is -0.504 e. The summed E-state index contributed by atoms with van der Waals surface area (Å²) in [5.41, 5.74) is -3.02. The van der Waals surface area contributed by atoms with Gasteiger partial charge in [-0.3, -0.25) is 4.79 Å². The van der Waals surface area contributed by atoms with Gasteiger partial charge < -0.3 is 45.2 Å². The predicted octanol–water partition coefficient (Wildman–Crippen LogP) is -2.68. The first-order valence-electron chi connectivity index (χ1n) is 8.27. The summed E-state index contributed by atoms with van der Waals surface area (Å²) in [5, 5.41) is 68.1. The van der Waals surface area contributed by atoms with Crippen LogP contribution in [0, 0.1) is 0 Å². The molecular formula is C18H24O11. The number of ether oxygens (including phenoxy) is 2. The van der Waals surface area contributed by atoms with E-state index in [9.17, 15) is 40.2 Å². The van der Waals surface area contributed by atoms with Crippen molar-refractivity contribution in [3.05, 3.63) is 29.8 Å². The second-order valence-electron chi connectivity index (χ2n) is 6.06. The van der Waals surface area contributed by atoms with E-state index in [1.54, 1.807) is 0 Å². The molecule has 0 aromatic heterocycles. The standard InChI is InChI=1S/C18H24O11/c1-28-12-7-9(3-5-10(12)20)4-6-13(22)18(27,17(26)29-2)16(25)15(24)14(23)11(21)8-19/h3-7,11,14-16,19-21,23-25,27H,8H2,1-2H3/b6-4+/t11-,14-,15+,16-,18?/m1/s1. The van der Waals surface area contributed by atoms with Crippen LogP contribution in [0.1, 0.15) is 5.56 Å². The van der Waals surface area contributed by atoms with Gasteiger partial charge in [-0.1, -0.05) is 12.1 Å². The molecule has 7 N–H and O–H groups in total. The van der Waals surface area contributed by atoms with E-state index in [-0.39, 0.29) is 11.5 Å². The number of benzene rings is 1. The van der Waals surface area contributed by atoms with Gasteiger partial charge in [-0.2, -0.15) is 0 Å². The third kappa shape index (κ3) is 5.29. The summed E-state index contributed by atoms with van der Waals surface area (Å²) in [6.07, 6.45) is -7.30. The van der Waals surface area contributed by atoms with Crippen LogP contribution in [-0.2, 0) is 14.3 Å². The number of ketones is 1. The monoisotopic (exact) mass is 416 g/mol. The summed E-state index contributed by atoms with van der Waals surface area (Å²) in [5.74, 6) is -3.13. The van der Waals surface area contributed by atoms with E-state index in [0.717, 1.165) is 13.2 Å². The van der Waals surface area contributed by atoms with Crippen molar-refractivity contribution in [2.75, 3.05) is 20.8 Å². The number of aliphatic hydroxyl groups is 6. The molecule has 0 saturated heterocycles. The number of aromatic hydroxyl groups is 1. The average Bonchev–Trinajstić information content (AvgIpc) is 2.74. The second-order valence-corrected chi connectivity index (χ2v) is 6.06. The van der Waals surface area contributed by atoms with Crippen molar-refractivity contribution in [1.82, 2.24) is 0 Å². The number of esters is 1. The number of carbonyl (C=O) groups excluding carboxylic acids is 2. The lowest BCUT2D eigenvalue weighted by Crippen LogP contribution is -2.63. The van der Waals surface area contributed by atoms with E-state index >= 15 is 0 Å². The molecule has 11 nitrogen and oxygen atoms in total. The van der Waals surface area contributed by atoms with Gasteiger partial charge in [0.2, 0.25) is 5.78 Å². The predicted molar refractivity (Wildman–Crippen MR) is 96.8 cm³/mol.